The fourth-order valence-corrected chi connectivity index (χ4v) is 4.07. The Morgan fingerprint density at radius 3 is 2.10 bits per heavy atom. The summed E-state index contributed by atoms with van der Waals surface area (Å²) in [6, 6.07) is 0. The second-order valence-corrected chi connectivity index (χ2v) is 9.91. The molecule has 0 aromatic rings. The lowest BCUT2D eigenvalue weighted by molar-refractivity contribution is -0.247. The first-order valence-corrected chi connectivity index (χ1v) is 10.3. The Kier molecular flexibility index (Phi) is 7.62. The van der Waals surface area contributed by atoms with Crippen molar-refractivity contribution in [2.45, 2.75) is 76.7 Å². The van der Waals surface area contributed by atoms with Crippen molar-refractivity contribution in [1.29, 1.82) is 0 Å². The van der Waals surface area contributed by atoms with E-state index in [4.69, 9.17) is 9.47 Å². The monoisotopic (exact) mass is 430 g/mol. The number of ether oxygens (including phenoxy) is 2. The molecule has 1 unspecified atom stereocenters. The van der Waals surface area contributed by atoms with Gasteiger partial charge in [0.2, 0.25) is 0 Å². The van der Waals surface area contributed by atoms with Crippen molar-refractivity contribution in [2.75, 3.05) is 46.0 Å². The van der Waals surface area contributed by atoms with E-state index < -0.39 is 42.8 Å². The van der Waals surface area contributed by atoms with E-state index in [1.807, 2.05) is 20.8 Å². The Morgan fingerprint density at radius 2 is 1.59 bits per heavy atom. The standard InChI is InChI=1S/C20H35F5N2O2/c1-17(2,3)26-8-6-15(7-9-26)16(20(23,24)25)29-13-18(4,5)27-10-11-28-14-19(21,22)12-27/h15-16H,6-14H2,1-5H3. The molecule has 2 fully saturated rings. The van der Waals surface area contributed by atoms with Crippen LogP contribution in [0.15, 0.2) is 0 Å². The van der Waals surface area contributed by atoms with E-state index in [-0.39, 0.29) is 25.3 Å². The Bertz CT molecular complexity index is 526. The summed E-state index contributed by atoms with van der Waals surface area (Å²) >= 11 is 0. The van der Waals surface area contributed by atoms with Gasteiger partial charge in [0.15, 0.2) is 6.10 Å². The molecule has 172 valence electrons. The van der Waals surface area contributed by atoms with Crippen LogP contribution < -0.4 is 0 Å². The van der Waals surface area contributed by atoms with E-state index in [1.54, 1.807) is 13.8 Å². The summed E-state index contributed by atoms with van der Waals surface area (Å²) in [4.78, 5) is 3.65. The molecule has 0 bridgehead atoms. The van der Waals surface area contributed by atoms with Crippen molar-refractivity contribution in [1.82, 2.24) is 9.80 Å². The second-order valence-electron chi connectivity index (χ2n) is 9.91. The number of piperidine rings is 1. The molecule has 2 aliphatic heterocycles. The Morgan fingerprint density at radius 1 is 1.00 bits per heavy atom. The van der Waals surface area contributed by atoms with Crippen LogP contribution in [0.2, 0.25) is 0 Å². The molecule has 29 heavy (non-hydrogen) atoms. The summed E-state index contributed by atoms with van der Waals surface area (Å²) in [5.74, 6) is -3.66. The van der Waals surface area contributed by atoms with Crippen molar-refractivity contribution in [3.05, 3.63) is 0 Å². The van der Waals surface area contributed by atoms with Crippen LogP contribution in [0.1, 0.15) is 47.5 Å². The first-order chi connectivity index (χ1) is 13.1. The smallest absolute Gasteiger partial charge is 0.374 e. The van der Waals surface area contributed by atoms with Crippen LogP contribution >= 0.6 is 0 Å². The fourth-order valence-electron chi connectivity index (χ4n) is 4.07. The molecule has 0 aromatic carbocycles. The Hall–Kier alpha value is -0.510. The largest absolute Gasteiger partial charge is 0.414 e. The summed E-state index contributed by atoms with van der Waals surface area (Å²) in [5, 5.41) is 0. The zero-order valence-electron chi connectivity index (χ0n) is 18.1. The third-order valence-corrected chi connectivity index (χ3v) is 5.95. The predicted molar refractivity (Wildman–Crippen MR) is 101 cm³/mol. The first kappa shape index (κ1) is 24.8. The maximum atomic E-state index is 13.9. The summed E-state index contributed by atoms with van der Waals surface area (Å²) in [6.07, 6.45) is -5.57. The molecule has 0 radical (unpaired) electrons. The van der Waals surface area contributed by atoms with Gasteiger partial charge in [-0.1, -0.05) is 0 Å². The third-order valence-electron chi connectivity index (χ3n) is 5.95. The summed E-state index contributed by atoms with van der Waals surface area (Å²) < 4.78 is 79.3. The van der Waals surface area contributed by atoms with E-state index >= 15 is 0 Å². The molecule has 2 aliphatic rings. The highest BCUT2D eigenvalue weighted by atomic mass is 19.4. The first-order valence-electron chi connectivity index (χ1n) is 10.3. The normalized spacial score (nSPS) is 25.0. The highest BCUT2D eigenvalue weighted by molar-refractivity contribution is 4.90. The number of halogens is 5. The van der Waals surface area contributed by atoms with Gasteiger partial charge in [-0.25, -0.2) is 8.78 Å². The van der Waals surface area contributed by atoms with Crippen LogP contribution in [0.3, 0.4) is 0 Å². The molecule has 0 aliphatic carbocycles. The SMILES string of the molecule is CC(C)(C)N1CCC(C(OCC(C)(C)N2CCOCC(F)(F)C2)C(F)(F)F)CC1. The zero-order valence-corrected chi connectivity index (χ0v) is 18.1. The minimum absolute atomic E-state index is 0.0817. The van der Waals surface area contributed by atoms with Gasteiger partial charge in [0.1, 0.15) is 6.61 Å². The zero-order chi connectivity index (χ0) is 22.1. The predicted octanol–water partition coefficient (Wildman–Crippen LogP) is 4.19. The highest BCUT2D eigenvalue weighted by Crippen LogP contribution is 2.36. The maximum absolute atomic E-state index is 13.9. The summed E-state index contributed by atoms with van der Waals surface area (Å²) in [6.45, 7) is 9.46. The van der Waals surface area contributed by atoms with Crippen molar-refractivity contribution in [3.8, 4) is 0 Å². The van der Waals surface area contributed by atoms with Gasteiger partial charge in [-0.15, -0.1) is 0 Å². The van der Waals surface area contributed by atoms with Gasteiger partial charge in [-0.2, -0.15) is 13.2 Å². The molecule has 2 heterocycles. The molecule has 0 aromatic heterocycles. The topological polar surface area (TPSA) is 24.9 Å². The van der Waals surface area contributed by atoms with E-state index in [1.165, 1.54) is 4.90 Å². The van der Waals surface area contributed by atoms with Gasteiger partial charge < -0.3 is 9.47 Å². The lowest BCUT2D eigenvalue weighted by Gasteiger charge is -2.44. The van der Waals surface area contributed by atoms with Crippen LogP contribution in [0.25, 0.3) is 0 Å². The van der Waals surface area contributed by atoms with Crippen molar-refractivity contribution >= 4 is 0 Å². The summed E-state index contributed by atoms with van der Waals surface area (Å²) in [5.41, 5.74) is -1.05. The minimum atomic E-state index is -4.49. The lowest BCUT2D eigenvalue weighted by atomic mass is 9.88. The van der Waals surface area contributed by atoms with Gasteiger partial charge in [-0.05, 0) is 66.5 Å². The average molecular weight is 431 g/mol. The number of hydrogen-bond acceptors (Lipinski definition) is 4. The van der Waals surface area contributed by atoms with Crippen molar-refractivity contribution in [2.24, 2.45) is 5.92 Å². The van der Waals surface area contributed by atoms with E-state index in [0.717, 1.165) is 0 Å². The highest BCUT2D eigenvalue weighted by Gasteiger charge is 2.48. The van der Waals surface area contributed by atoms with E-state index in [9.17, 15) is 22.0 Å². The second kappa shape index (κ2) is 8.93. The van der Waals surface area contributed by atoms with Crippen LogP contribution in [0, 0.1) is 5.92 Å². The molecule has 9 heteroatoms. The van der Waals surface area contributed by atoms with Gasteiger partial charge in [-0.3, -0.25) is 9.80 Å². The van der Waals surface area contributed by atoms with Gasteiger partial charge in [0.05, 0.1) is 19.8 Å². The molecule has 0 N–H and O–H groups in total. The van der Waals surface area contributed by atoms with Gasteiger partial charge >= 0.3 is 6.18 Å². The number of hydrogen-bond donors (Lipinski definition) is 0. The van der Waals surface area contributed by atoms with Crippen LogP contribution in [0.5, 0.6) is 0 Å². The molecule has 0 amide bonds. The molecular formula is C20H35F5N2O2. The quantitative estimate of drug-likeness (QED) is 0.611. The van der Waals surface area contributed by atoms with Crippen LogP contribution in [0.4, 0.5) is 22.0 Å². The van der Waals surface area contributed by atoms with Crippen molar-refractivity contribution < 1.29 is 31.4 Å². The number of likely N-dealkylation sites (tertiary alicyclic amines) is 1. The molecular weight excluding hydrogens is 395 g/mol. The number of nitrogens with zero attached hydrogens (tertiary/aromatic N) is 2. The van der Waals surface area contributed by atoms with Crippen LogP contribution in [-0.4, -0.2) is 85.1 Å². The Balaban J connectivity index is 2.02. The van der Waals surface area contributed by atoms with Gasteiger partial charge in [0.25, 0.3) is 5.92 Å². The Labute approximate surface area is 170 Å². The molecule has 2 saturated heterocycles. The summed E-state index contributed by atoms with van der Waals surface area (Å²) in [7, 11) is 0. The average Bonchev–Trinajstić information content (AvgIpc) is 2.74. The van der Waals surface area contributed by atoms with Crippen LogP contribution in [-0.2, 0) is 9.47 Å². The minimum Gasteiger partial charge on any atom is -0.374 e. The molecule has 4 nitrogen and oxygen atoms in total. The molecule has 2 rings (SSSR count). The lowest BCUT2D eigenvalue weighted by Crippen LogP contribution is -2.54. The third kappa shape index (κ3) is 7.01. The molecule has 1 atom stereocenters. The van der Waals surface area contributed by atoms with E-state index in [2.05, 4.69) is 4.90 Å². The maximum Gasteiger partial charge on any atom is 0.414 e. The molecule has 0 spiro atoms. The fraction of sp³-hybridized carbons (Fsp3) is 1.00. The number of rotatable bonds is 5. The number of alkyl halides is 5. The van der Waals surface area contributed by atoms with E-state index in [0.29, 0.717) is 25.9 Å². The van der Waals surface area contributed by atoms with Crippen molar-refractivity contribution in [3.63, 3.8) is 0 Å². The molecule has 0 saturated carbocycles. The van der Waals surface area contributed by atoms with Gasteiger partial charge in [0, 0.05) is 17.6 Å².